The first-order valence-corrected chi connectivity index (χ1v) is 14.3. The molecule has 1 aliphatic heterocycles. The largest absolute Gasteiger partial charge is 0.465 e. The van der Waals surface area contributed by atoms with Gasteiger partial charge in [-0.1, -0.05) is 72.3 Å². The number of carboxylic acid groups (broad SMARTS) is 1. The number of carbonyl (C=O) groups excluding carboxylic acids is 2. The van der Waals surface area contributed by atoms with E-state index in [0.717, 1.165) is 27.8 Å². The van der Waals surface area contributed by atoms with Crippen LogP contribution in [0.5, 0.6) is 0 Å². The maximum absolute atomic E-state index is 13.6. The molecule has 1 saturated heterocycles. The van der Waals surface area contributed by atoms with Gasteiger partial charge in [-0.15, -0.1) is 0 Å². The van der Waals surface area contributed by atoms with Crippen LogP contribution in [0.25, 0.3) is 11.1 Å². The van der Waals surface area contributed by atoms with Crippen molar-refractivity contribution in [2.45, 2.75) is 36.8 Å². The number of ether oxygens (including phenoxy) is 2. The molecule has 3 aromatic rings. The van der Waals surface area contributed by atoms with Crippen LogP contribution < -0.4 is 10.6 Å². The van der Waals surface area contributed by atoms with Crippen molar-refractivity contribution < 1.29 is 29.0 Å². The van der Waals surface area contributed by atoms with Crippen LogP contribution in [0.15, 0.2) is 72.8 Å². The maximum Gasteiger partial charge on any atom is 0.407 e. The average molecular weight is 592 g/mol. The molecule has 3 aromatic carbocycles. The zero-order valence-corrected chi connectivity index (χ0v) is 24.1. The van der Waals surface area contributed by atoms with E-state index in [1.807, 2.05) is 48.5 Å². The zero-order chi connectivity index (χ0) is 29.7. The molecule has 0 saturated carbocycles. The van der Waals surface area contributed by atoms with Gasteiger partial charge >= 0.3 is 12.2 Å². The Hall–Kier alpha value is -4.08. The number of halogens is 1. The Morgan fingerprint density at radius 2 is 1.67 bits per heavy atom. The summed E-state index contributed by atoms with van der Waals surface area (Å²) in [5.41, 5.74) is 4.43. The number of methoxy groups -OCH3 is 1. The summed E-state index contributed by atoms with van der Waals surface area (Å²) in [7, 11) is 1.44. The van der Waals surface area contributed by atoms with Gasteiger partial charge in [-0.3, -0.25) is 4.79 Å². The van der Waals surface area contributed by atoms with Gasteiger partial charge in [0.25, 0.3) is 0 Å². The molecule has 3 amide bonds. The molecule has 42 heavy (non-hydrogen) atoms. The molecule has 3 N–H and O–H groups in total. The van der Waals surface area contributed by atoms with E-state index in [4.69, 9.17) is 21.1 Å². The van der Waals surface area contributed by atoms with E-state index >= 15 is 0 Å². The second-order valence-corrected chi connectivity index (χ2v) is 11.3. The van der Waals surface area contributed by atoms with Gasteiger partial charge in [-0.2, -0.15) is 0 Å². The Kier molecular flexibility index (Phi) is 8.99. The fraction of sp³-hybridized carbons (Fsp3) is 0.344. The standard InChI is InChI=1S/C32H34ClN3O6/c1-41-19-28(34-30(38)42-18-27-25-9-4-2-7-23(25)24-8-3-5-10-26(24)27)29(37)35-32(15-6-16-36(20-32)31(39)40)17-21-11-13-22(33)14-12-21/h2-5,7-14,27-28H,6,15-20H2,1H3,(H,34,38)(H,35,37)(H,39,40). The average Bonchev–Trinajstić information content (AvgIpc) is 3.30. The van der Waals surface area contributed by atoms with Crippen molar-refractivity contribution in [3.63, 3.8) is 0 Å². The fourth-order valence-electron chi connectivity index (χ4n) is 6.06. The number of carbonyl (C=O) groups is 3. The zero-order valence-electron chi connectivity index (χ0n) is 23.3. The van der Waals surface area contributed by atoms with Gasteiger partial charge in [0.1, 0.15) is 12.6 Å². The minimum atomic E-state index is -1.05. The van der Waals surface area contributed by atoms with Gasteiger partial charge in [-0.25, -0.2) is 9.59 Å². The molecule has 1 aliphatic carbocycles. The number of hydrogen-bond donors (Lipinski definition) is 3. The Balaban J connectivity index is 1.28. The van der Waals surface area contributed by atoms with Crippen molar-refractivity contribution in [3.05, 3.63) is 94.5 Å². The molecule has 220 valence electrons. The quantitative estimate of drug-likeness (QED) is 0.320. The molecule has 0 radical (unpaired) electrons. The molecule has 2 unspecified atom stereocenters. The smallest absolute Gasteiger partial charge is 0.407 e. The highest BCUT2D eigenvalue weighted by Gasteiger charge is 2.40. The summed E-state index contributed by atoms with van der Waals surface area (Å²) in [6.07, 6.45) is -0.249. The van der Waals surface area contributed by atoms with Gasteiger partial charge in [-0.05, 0) is 59.2 Å². The molecule has 9 nitrogen and oxygen atoms in total. The summed E-state index contributed by atoms with van der Waals surface area (Å²) in [6.45, 7) is 0.513. The number of piperidine rings is 1. The Morgan fingerprint density at radius 1 is 1.02 bits per heavy atom. The number of nitrogens with one attached hydrogen (secondary N) is 2. The summed E-state index contributed by atoms with van der Waals surface area (Å²) in [5, 5.41) is 16.0. The highest BCUT2D eigenvalue weighted by Crippen LogP contribution is 2.44. The van der Waals surface area contributed by atoms with E-state index in [-0.39, 0.29) is 25.7 Å². The van der Waals surface area contributed by atoms with Crippen LogP contribution >= 0.6 is 11.6 Å². The third kappa shape index (κ3) is 6.53. The van der Waals surface area contributed by atoms with Crippen molar-refractivity contribution >= 4 is 29.7 Å². The van der Waals surface area contributed by atoms with E-state index in [9.17, 15) is 19.5 Å². The second kappa shape index (κ2) is 12.8. The monoisotopic (exact) mass is 591 g/mol. The number of amides is 3. The Bertz CT molecular complexity index is 1400. The summed E-state index contributed by atoms with van der Waals surface area (Å²) in [4.78, 5) is 39.7. The topological polar surface area (TPSA) is 117 Å². The van der Waals surface area contributed by atoms with E-state index in [1.165, 1.54) is 12.0 Å². The van der Waals surface area contributed by atoms with Crippen LogP contribution in [-0.2, 0) is 20.7 Å². The Morgan fingerprint density at radius 3 is 2.29 bits per heavy atom. The highest BCUT2D eigenvalue weighted by molar-refractivity contribution is 6.30. The van der Waals surface area contributed by atoms with Gasteiger partial charge in [0, 0.05) is 31.1 Å². The highest BCUT2D eigenvalue weighted by atomic mass is 35.5. The molecule has 2 aliphatic rings. The molecule has 0 bridgehead atoms. The summed E-state index contributed by atoms with van der Waals surface area (Å²) in [6, 6.07) is 22.3. The van der Waals surface area contributed by atoms with Gasteiger partial charge in [0.05, 0.1) is 12.1 Å². The molecule has 1 heterocycles. The number of hydrogen-bond acceptors (Lipinski definition) is 5. The van der Waals surface area contributed by atoms with Gasteiger partial charge in [0.15, 0.2) is 0 Å². The molecule has 0 aromatic heterocycles. The van der Waals surface area contributed by atoms with Gasteiger partial charge < -0.3 is 30.1 Å². The predicted molar refractivity (Wildman–Crippen MR) is 159 cm³/mol. The number of alkyl carbamates (subject to hydrolysis) is 1. The third-order valence-electron chi connectivity index (χ3n) is 7.98. The number of benzene rings is 3. The van der Waals surface area contributed by atoms with Crippen LogP contribution in [0.1, 0.15) is 35.4 Å². The number of nitrogens with zero attached hydrogens (tertiary/aromatic N) is 1. The van der Waals surface area contributed by atoms with Crippen molar-refractivity contribution in [1.82, 2.24) is 15.5 Å². The minimum absolute atomic E-state index is 0.0876. The minimum Gasteiger partial charge on any atom is -0.465 e. The SMILES string of the molecule is COCC(NC(=O)OCC1c2ccccc2-c2ccccc21)C(=O)NC1(Cc2ccc(Cl)cc2)CCCN(C(=O)O)C1. The fourth-order valence-corrected chi connectivity index (χ4v) is 6.18. The number of fused-ring (bicyclic) bond motifs is 3. The van der Waals surface area contributed by atoms with Crippen molar-refractivity contribution in [3.8, 4) is 11.1 Å². The predicted octanol–water partition coefficient (Wildman–Crippen LogP) is 5.07. The van der Waals surface area contributed by atoms with E-state index < -0.39 is 29.7 Å². The lowest BCUT2D eigenvalue weighted by Crippen LogP contribution is -2.64. The third-order valence-corrected chi connectivity index (χ3v) is 8.23. The van der Waals surface area contributed by atoms with Crippen molar-refractivity contribution in [1.29, 1.82) is 0 Å². The summed E-state index contributed by atoms with van der Waals surface area (Å²) >= 11 is 6.06. The first-order valence-electron chi connectivity index (χ1n) is 13.9. The first kappa shape index (κ1) is 29.4. The summed E-state index contributed by atoms with van der Waals surface area (Å²) in [5.74, 6) is -0.601. The molecular formula is C32H34ClN3O6. The normalized spacial score (nSPS) is 18.5. The van der Waals surface area contributed by atoms with Crippen LogP contribution in [0.3, 0.4) is 0 Å². The van der Waals surface area contributed by atoms with E-state index in [1.54, 1.807) is 12.1 Å². The Labute approximate surface area is 249 Å². The van der Waals surface area contributed by atoms with E-state index in [0.29, 0.717) is 30.8 Å². The summed E-state index contributed by atoms with van der Waals surface area (Å²) < 4.78 is 10.9. The van der Waals surface area contributed by atoms with Crippen molar-refractivity contribution in [2.24, 2.45) is 0 Å². The molecule has 10 heteroatoms. The van der Waals surface area contributed by atoms with Crippen LogP contribution in [-0.4, -0.2) is 73.1 Å². The lowest BCUT2D eigenvalue weighted by atomic mass is 9.82. The molecule has 2 atom stereocenters. The van der Waals surface area contributed by atoms with Crippen LogP contribution in [0.4, 0.5) is 9.59 Å². The van der Waals surface area contributed by atoms with Crippen molar-refractivity contribution in [2.75, 3.05) is 33.4 Å². The van der Waals surface area contributed by atoms with Crippen LogP contribution in [0.2, 0.25) is 5.02 Å². The molecular weight excluding hydrogens is 558 g/mol. The molecule has 0 spiro atoms. The first-order chi connectivity index (χ1) is 20.3. The number of likely N-dealkylation sites (tertiary alicyclic amines) is 1. The molecule has 5 rings (SSSR count). The second-order valence-electron chi connectivity index (χ2n) is 10.9. The van der Waals surface area contributed by atoms with Gasteiger partial charge in [0.2, 0.25) is 5.91 Å². The number of rotatable bonds is 9. The maximum atomic E-state index is 13.6. The van der Waals surface area contributed by atoms with E-state index in [2.05, 4.69) is 22.8 Å². The molecule has 1 fully saturated rings. The lowest BCUT2D eigenvalue weighted by Gasteiger charge is -2.43. The van der Waals surface area contributed by atoms with Crippen LogP contribution in [0, 0.1) is 0 Å². The lowest BCUT2D eigenvalue weighted by molar-refractivity contribution is -0.127.